The molecule has 5 nitrogen and oxygen atoms in total. The third kappa shape index (κ3) is 3.05. The predicted octanol–water partition coefficient (Wildman–Crippen LogP) is 4.84. The van der Waals surface area contributed by atoms with Crippen LogP contribution in [0.1, 0.15) is 16.8 Å². The number of fused-ring (bicyclic) bond motifs is 5. The molecule has 154 valence electrons. The summed E-state index contributed by atoms with van der Waals surface area (Å²) < 4.78 is 5.45. The van der Waals surface area contributed by atoms with Gasteiger partial charge in [0.1, 0.15) is 5.75 Å². The molecule has 3 fully saturated rings. The maximum atomic E-state index is 13.2. The second-order valence-corrected chi connectivity index (χ2v) is 10.5. The van der Waals surface area contributed by atoms with E-state index in [0.717, 1.165) is 6.42 Å². The number of halogens is 3. The van der Waals surface area contributed by atoms with Crippen LogP contribution in [0.25, 0.3) is 0 Å². The summed E-state index contributed by atoms with van der Waals surface area (Å²) in [5.41, 5.74) is 0.786. The van der Waals surface area contributed by atoms with Gasteiger partial charge in [0.15, 0.2) is 0 Å². The summed E-state index contributed by atoms with van der Waals surface area (Å²) in [5, 5.41) is 0.524. The van der Waals surface area contributed by atoms with Crippen molar-refractivity contribution in [3.05, 3.63) is 59.1 Å². The van der Waals surface area contributed by atoms with Gasteiger partial charge in [0.05, 0.1) is 23.1 Å². The summed E-state index contributed by atoms with van der Waals surface area (Å²) in [4.78, 5) is 40.4. The first-order valence-corrected chi connectivity index (χ1v) is 11.8. The predicted molar refractivity (Wildman–Crippen MR) is 119 cm³/mol. The molecular weight excluding hydrogens is 538 g/mol. The lowest BCUT2D eigenvalue weighted by molar-refractivity contribution is -0.123. The van der Waals surface area contributed by atoms with E-state index >= 15 is 0 Å². The molecule has 2 bridgehead atoms. The molecular formula is C22H16Br2ClNO4. The van der Waals surface area contributed by atoms with E-state index in [2.05, 4.69) is 31.9 Å². The fourth-order valence-electron chi connectivity index (χ4n) is 5.04. The first-order valence-electron chi connectivity index (χ1n) is 9.60. The molecule has 6 atom stereocenters. The van der Waals surface area contributed by atoms with Gasteiger partial charge in [0, 0.05) is 20.7 Å². The molecule has 30 heavy (non-hydrogen) atoms. The third-order valence-electron chi connectivity index (χ3n) is 6.35. The normalized spacial score (nSPS) is 31.9. The second kappa shape index (κ2) is 7.46. The zero-order valence-electron chi connectivity index (χ0n) is 15.5. The summed E-state index contributed by atoms with van der Waals surface area (Å²) in [7, 11) is 0. The number of rotatable bonds is 3. The Kier molecular flexibility index (Phi) is 5.03. The first kappa shape index (κ1) is 20.2. The number of anilines is 1. The maximum Gasteiger partial charge on any atom is 0.343 e. The minimum absolute atomic E-state index is 0.150. The minimum atomic E-state index is -0.540. The van der Waals surface area contributed by atoms with Crippen molar-refractivity contribution in [2.75, 3.05) is 4.90 Å². The van der Waals surface area contributed by atoms with E-state index in [1.54, 1.807) is 48.5 Å². The lowest BCUT2D eigenvalue weighted by Crippen LogP contribution is -2.37. The largest absolute Gasteiger partial charge is 0.423 e. The number of nitrogens with zero attached hydrogens (tertiary/aromatic N) is 1. The molecule has 0 spiro atoms. The average Bonchev–Trinajstić information content (AvgIpc) is 3.33. The van der Waals surface area contributed by atoms with E-state index in [-0.39, 0.29) is 50.9 Å². The molecule has 3 aliphatic rings. The lowest BCUT2D eigenvalue weighted by Gasteiger charge is -2.28. The van der Waals surface area contributed by atoms with Crippen molar-refractivity contribution in [3.63, 3.8) is 0 Å². The van der Waals surface area contributed by atoms with Crippen molar-refractivity contribution < 1.29 is 19.1 Å². The van der Waals surface area contributed by atoms with Gasteiger partial charge in [-0.3, -0.25) is 9.59 Å². The van der Waals surface area contributed by atoms with Crippen LogP contribution in [0.2, 0.25) is 5.02 Å². The number of imide groups is 1. The average molecular weight is 554 g/mol. The van der Waals surface area contributed by atoms with Gasteiger partial charge < -0.3 is 4.74 Å². The van der Waals surface area contributed by atoms with Gasteiger partial charge in [-0.2, -0.15) is 0 Å². The maximum absolute atomic E-state index is 13.2. The SMILES string of the molecule is O=C(Oc1cccc(N2C(=O)[C@@H]3[C@H]4C[C@H]([C@H](Br)[C@@H]4Br)[C@@H]3C2=O)c1)c1ccc(Cl)cc1. The summed E-state index contributed by atoms with van der Waals surface area (Å²) in [5.74, 6) is -0.882. The van der Waals surface area contributed by atoms with E-state index in [1.165, 1.54) is 4.90 Å². The van der Waals surface area contributed by atoms with Crippen molar-refractivity contribution in [1.29, 1.82) is 0 Å². The van der Waals surface area contributed by atoms with Gasteiger partial charge in [-0.25, -0.2) is 9.69 Å². The highest BCUT2D eigenvalue weighted by Gasteiger charge is 2.66. The van der Waals surface area contributed by atoms with Gasteiger partial charge in [-0.05, 0) is 54.7 Å². The number of benzene rings is 2. The Morgan fingerprint density at radius 2 is 1.57 bits per heavy atom. The Morgan fingerprint density at radius 3 is 2.17 bits per heavy atom. The zero-order chi connectivity index (χ0) is 21.2. The number of carbonyl (C=O) groups is 3. The van der Waals surface area contributed by atoms with Crippen LogP contribution in [0, 0.1) is 23.7 Å². The van der Waals surface area contributed by atoms with Gasteiger partial charge in [0.25, 0.3) is 0 Å². The monoisotopic (exact) mass is 551 g/mol. The minimum Gasteiger partial charge on any atom is -0.423 e. The van der Waals surface area contributed by atoms with Crippen LogP contribution in [0.3, 0.4) is 0 Å². The van der Waals surface area contributed by atoms with E-state index in [9.17, 15) is 14.4 Å². The van der Waals surface area contributed by atoms with Crippen LogP contribution in [-0.2, 0) is 9.59 Å². The molecule has 8 heteroatoms. The quantitative estimate of drug-likeness (QED) is 0.236. The smallest absolute Gasteiger partial charge is 0.343 e. The van der Waals surface area contributed by atoms with Crippen LogP contribution in [0.15, 0.2) is 48.5 Å². The summed E-state index contributed by atoms with van der Waals surface area (Å²) in [6.45, 7) is 0. The molecule has 0 unspecified atom stereocenters. The van der Waals surface area contributed by atoms with E-state index in [4.69, 9.17) is 16.3 Å². The van der Waals surface area contributed by atoms with Crippen molar-refractivity contribution in [3.8, 4) is 5.75 Å². The fraction of sp³-hybridized carbons (Fsp3) is 0.318. The Labute approximate surface area is 195 Å². The van der Waals surface area contributed by atoms with Crippen LogP contribution < -0.4 is 9.64 Å². The standard InChI is InChI=1S/C22H16Br2ClNO4/c23-18-14-9-15(19(18)24)17-16(14)20(27)26(21(17)28)12-2-1-3-13(8-12)30-22(29)10-4-6-11(25)7-5-10/h1-8,14-19H,9H2/t14-,15+,16-,17+,18-,19+. The third-order valence-corrected chi connectivity index (χ3v) is 9.81. The number of carbonyl (C=O) groups excluding carboxylic acids is 3. The Morgan fingerprint density at radius 1 is 0.967 bits per heavy atom. The Bertz CT molecular complexity index is 1030. The highest BCUT2D eigenvalue weighted by Crippen LogP contribution is 2.60. The highest BCUT2D eigenvalue weighted by atomic mass is 79.9. The van der Waals surface area contributed by atoms with E-state index in [1.807, 2.05) is 0 Å². The Hall–Kier alpha value is -1.70. The number of alkyl halides is 2. The van der Waals surface area contributed by atoms with E-state index in [0.29, 0.717) is 16.3 Å². The zero-order valence-corrected chi connectivity index (χ0v) is 19.4. The van der Waals surface area contributed by atoms with Gasteiger partial charge in [-0.15, -0.1) is 0 Å². The highest BCUT2D eigenvalue weighted by molar-refractivity contribution is 9.12. The molecule has 2 amide bonds. The van der Waals surface area contributed by atoms with E-state index < -0.39 is 5.97 Å². The molecule has 2 saturated carbocycles. The molecule has 5 rings (SSSR count). The number of amides is 2. The van der Waals surface area contributed by atoms with Crippen LogP contribution >= 0.6 is 43.5 Å². The van der Waals surface area contributed by atoms with Crippen LogP contribution in [-0.4, -0.2) is 27.4 Å². The van der Waals surface area contributed by atoms with Gasteiger partial charge >= 0.3 is 5.97 Å². The van der Waals surface area contributed by atoms with Gasteiger partial charge in [0.2, 0.25) is 11.8 Å². The van der Waals surface area contributed by atoms with Crippen LogP contribution in [0.5, 0.6) is 5.75 Å². The van der Waals surface area contributed by atoms with Crippen molar-refractivity contribution in [1.82, 2.24) is 0 Å². The lowest BCUT2D eigenvalue weighted by atomic mass is 9.81. The molecule has 2 aliphatic carbocycles. The Balaban J connectivity index is 1.39. The van der Waals surface area contributed by atoms with Crippen molar-refractivity contribution in [2.45, 2.75) is 16.1 Å². The number of esters is 1. The van der Waals surface area contributed by atoms with Crippen molar-refractivity contribution in [2.24, 2.45) is 23.7 Å². The molecule has 0 aromatic heterocycles. The summed E-state index contributed by atoms with van der Waals surface area (Å²) >= 11 is 13.2. The molecule has 0 radical (unpaired) electrons. The van der Waals surface area contributed by atoms with Gasteiger partial charge in [-0.1, -0.05) is 49.5 Å². The summed E-state index contributed by atoms with van der Waals surface area (Å²) in [6.07, 6.45) is 0.880. The second-order valence-electron chi connectivity index (χ2n) is 7.91. The molecule has 1 aliphatic heterocycles. The molecule has 1 heterocycles. The molecule has 2 aromatic rings. The topological polar surface area (TPSA) is 63.7 Å². The number of hydrogen-bond donors (Lipinski definition) is 0. The number of ether oxygens (including phenoxy) is 1. The molecule has 0 N–H and O–H groups in total. The van der Waals surface area contributed by atoms with Crippen LogP contribution in [0.4, 0.5) is 5.69 Å². The fourth-order valence-corrected chi connectivity index (χ4v) is 7.04. The first-order chi connectivity index (χ1) is 14.4. The number of hydrogen-bond acceptors (Lipinski definition) is 4. The molecule has 1 saturated heterocycles. The molecule has 2 aromatic carbocycles. The van der Waals surface area contributed by atoms with Crippen molar-refractivity contribution >= 4 is 66.9 Å². The summed E-state index contributed by atoms with van der Waals surface area (Å²) in [6, 6.07) is 12.9.